The molecule has 1 atom stereocenters. The van der Waals surface area contributed by atoms with Gasteiger partial charge in [-0.25, -0.2) is 0 Å². The molecule has 1 aliphatic heterocycles. The van der Waals surface area contributed by atoms with E-state index in [0.717, 1.165) is 51.8 Å². The second-order valence-corrected chi connectivity index (χ2v) is 6.31. The summed E-state index contributed by atoms with van der Waals surface area (Å²) >= 11 is 0. The Kier molecular flexibility index (Phi) is 11.1. The molecule has 0 aromatic heterocycles. The topological polar surface area (TPSA) is 48.9 Å². The Morgan fingerprint density at radius 1 is 1.28 bits per heavy atom. The van der Waals surface area contributed by atoms with Gasteiger partial charge >= 0.3 is 0 Å². The normalized spacial score (nSPS) is 16.8. The molecule has 1 aliphatic rings. The fourth-order valence-corrected chi connectivity index (χ4v) is 3.02. The minimum atomic E-state index is 0. The number of hydrogen-bond donors (Lipinski definition) is 2. The van der Waals surface area contributed by atoms with Crippen LogP contribution in [0, 0.1) is 6.92 Å². The zero-order chi connectivity index (χ0) is 17.2. The summed E-state index contributed by atoms with van der Waals surface area (Å²) in [7, 11) is 1.83. The van der Waals surface area contributed by atoms with Crippen LogP contribution in [0.25, 0.3) is 0 Å². The van der Waals surface area contributed by atoms with Gasteiger partial charge in [-0.2, -0.15) is 0 Å². The third-order valence-electron chi connectivity index (χ3n) is 4.42. The Labute approximate surface area is 169 Å². The van der Waals surface area contributed by atoms with Crippen molar-refractivity contribution >= 4 is 29.9 Å². The lowest BCUT2D eigenvalue weighted by Crippen LogP contribution is -2.46. The smallest absolute Gasteiger partial charge is 0.191 e. The summed E-state index contributed by atoms with van der Waals surface area (Å²) in [5, 5.41) is 6.89. The number of guanidine groups is 1. The first-order valence-electron chi connectivity index (χ1n) is 9.07. The van der Waals surface area contributed by atoms with Crippen molar-refractivity contribution < 1.29 is 4.74 Å². The first kappa shape index (κ1) is 22.2. The Hall–Kier alpha value is -0.860. The van der Waals surface area contributed by atoms with Crippen LogP contribution in [0.2, 0.25) is 0 Å². The highest BCUT2D eigenvalue weighted by Crippen LogP contribution is 2.22. The van der Waals surface area contributed by atoms with E-state index in [-0.39, 0.29) is 24.0 Å². The first-order valence-corrected chi connectivity index (χ1v) is 9.07. The van der Waals surface area contributed by atoms with Gasteiger partial charge in [0.15, 0.2) is 5.96 Å². The van der Waals surface area contributed by atoms with Crippen molar-refractivity contribution in [2.45, 2.75) is 32.7 Å². The van der Waals surface area contributed by atoms with Crippen LogP contribution >= 0.6 is 24.0 Å². The third kappa shape index (κ3) is 7.50. The maximum absolute atomic E-state index is 5.52. The van der Waals surface area contributed by atoms with Gasteiger partial charge in [-0.1, -0.05) is 43.2 Å². The van der Waals surface area contributed by atoms with Crippen LogP contribution in [0.15, 0.2) is 29.3 Å². The molecule has 1 fully saturated rings. The first-order chi connectivity index (χ1) is 11.7. The monoisotopic (exact) mass is 460 g/mol. The van der Waals surface area contributed by atoms with Crippen LogP contribution < -0.4 is 10.6 Å². The summed E-state index contributed by atoms with van der Waals surface area (Å²) < 4.78 is 5.52. The van der Waals surface area contributed by atoms with Crippen molar-refractivity contribution in [2.24, 2.45) is 4.99 Å². The fourth-order valence-electron chi connectivity index (χ4n) is 3.02. The minimum Gasteiger partial charge on any atom is -0.379 e. The molecule has 25 heavy (non-hydrogen) atoms. The van der Waals surface area contributed by atoms with Crippen molar-refractivity contribution in [1.29, 1.82) is 0 Å². The molecule has 0 bridgehead atoms. The number of hydrogen-bond acceptors (Lipinski definition) is 3. The van der Waals surface area contributed by atoms with Crippen molar-refractivity contribution in [3.05, 3.63) is 35.4 Å². The maximum Gasteiger partial charge on any atom is 0.191 e. The largest absolute Gasteiger partial charge is 0.379 e. The van der Waals surface area contributed by atoms with E-state index in [2.05, 4.69) is 58.6 Å². The van der Waals surface area contributed by atoms with Gasteiger partial charge in [-0.05, 0) is 18.9 Å². The second-order valence-electron chi connectivity index (χ2n) is 6.31. The Morgan fingerprint density at radius 2 is 2.04 bits per heavy atom. The molecule has 142 valence electrons. The SMILES string of the molecule is CCCCNC(=NC)NCC(c1cccc(C)c1)N1CCOCC1.I. The van der Waals surface area contributed by atoms with Gasteiger partial charge in [0, 0.05) is 33.2 Å². The number of morpholine rings is 1. The highest BCUT2D eigenvalue weighted by atomic mass is 127. The molecule has 1 saturated heterocycles. The lowest BCUT2D eigenvalue weighted by atomic mass is 10.0. The zero-order valence-corrected chi connectivity index (χ0v) is 18.1. The molecule has 2 N–H and O–H groups in total. The number of nitrogens with one attached hydrogen (secondary N) is 2. The molecule has 0 amide bonds. The number of aryl methyl sites for hydroxylation is 1. The molecule has 6 heteroatoms. The Bertz CT molecular complexity index is 518. The molecule has 1 unspecified atom stereocenters. The molecule has 0 radical (unpaired) electrons. The molecule has 0 aliphatic carbocycles. The number of halogens is 1. The van der Waals surface area contributed by atoms with E-state index >= 15 is 0 Å². The number of unbranched alkanes of at least 4 members (excludes halogenated alkanes) is 1. The lowest BCUT2D eigenvalue weighted by molar-refractivity contribution is 0.0170. The summed E-state index contributed by atoms with van der Waals surface area (Å²) in [5.74, 6) is 0.884. The summed E-state index contributed by atoms with van der Waals surface area (Å²) in [5.41, 5.74) is 2.66. The van der Waals surface area contributed by atoms with E-state index in [4.69, 9.17) is 4.74 Å². The highest BCUT2D eigenvalue weighted by molar-refractivity contribution is 14.0. The minimum absolute atomic E-state index is 0. The van der Waals surface area contributed by atoms with Gasteiger partial charge in [0.25, 0.3) is 0 Å². The number of rotatable bonds is 7. The summed E-state index contributed by atoms with van der Waals surface area (Å²) in [6.45, 7) is 9.72. The predicted octanol–water partition coefficient (Wildman–Crippen LogP) is 2.95. The molecular weight excluding hydrogens is 427 g/mol. The number of ether oxygens (including phenoxy) is 1. The van der Waals surface area contributed by atoms with E-state index in [1.54, 1.807) is 0 Å². The maximum atomic E-state index is 5.52. The second kappa shape index (κ2) is 12.5. The van der Waals surface area contributed by atoms with Gasteiger partial charge in [0.05, 0.1) is 19.3 Å². The van der Waals surface area contributed by atoms with E-state index in [1.165, 1.54) is 17.5 Å². The average molecular weight is 460 g/mol. The van der Waals surface area contributed by atoms with Crippen molar-refractivity contribution in [3.63, 3.8) is 0 Å². The average Bonchev–Trinajstić information content (AvgIpc) is 2.61. The third-order valence-corrected chi connectivity index (χ3v) is 4.42. The van der Waals surface area contributed by atoms with E-state index < -0.39 is 0 Å². The quantitative estimate of drug-likeness (QED) is 0.284. The fraction of sp³-hybridized carbons (Fsp3) is 0.632. The van der Waals surface area contributed by atoms with Crippen molar-refractivity contribution in [3.8, 4) is 0 Å². The standard InChI is InChI=1S/C19H32N4O.HI/c1-4-5-9-21-19(20-3)22-15-18(23-10-12-24-13-11-23)17-8-6-7-16(2)14-17;/h6-8,14,18H,4-5,9-13,15H2,1-3H3,(H2,20,21,22);1H. The summed E-state index contributed by atoms with van der Waals surface area (Å²) in [6.07, 6.45) is 2.34. The summed E-state index contributed by atoms with van der Waals surface area (Å²) in [4.78, 5) is 6.84. The molecule has 5 nitrogen and oxygen atoms in total. The van der Waals surface area contributed by atoms with Crippen LogP contribution in [0.5, 0.6) is 0 Å². The predicted molar refractivity (Wildman–Crippen MR) is 116 cm³/mol. The Balaban J connectivity index is 0.00000312. The van der Waals surface area contributed by atoms with Gasteiger partial charge in [0.1, 0.15) is 0 Å². The van der Waals surface area contributed by atoms with Gasteiger partial charge < -0.3 is 15.4 Å². The number of benzene rings is 1. The highest BCUT2D eigenvalue weighted by Gasteiger charge is 2.22. The van der Waals surface area contributed by atoms with Gasteiger partial charge in [-0.15, -0.1) is 24.0 Å². The van der Waals surface area contributed by atoms with Crippen LogP contribution in [0.1, 0.15) is 36.9 Å². The lowest BCUT2D eigenvalue weighted by Gasteiger charge is -2.35. The molecule has 1 heterocycles. The molecule has 0 saturated carbocycles. The molecule has 1 aromatic rings. The van der Waals surface area contributed by atoms with E-state index in [9.17, 15) is 0 Å². The van der Waals surface area contributed by atoms with Crippen LogP contribution in [-0.4, -0.2) is 57.3 Å². The van der Waals surface area contributed by atoms with Crippen molar-refractivity contribution in [2.75, 3.05) is 46.4 Å². The van der Waals surface area contributed by atoms with Crippen LogP contribution in [0.4, 0.5) is 0 Å². The number of aliphatic imine (C=N–C) groups is 1. The summed E-state index contributed by atoms with van der Waals surface area (Å²) in [6, 6.07) is 9.14. The van der Waals surface area contributed by atoms with Gasteiger partial charge in [0.2, 0.25) is 0 Å². The van der Waals surface area contributed by atoms with Crippen LogP contribution in [0.3, 0.4) is 0 Å². The molecular formula is C19H33IN4O. The van der Waals surface area contributed by atoms with Crippen molar-refractivity contribution in [1.82, 2.24) is 15.5 Å². The molecule has 2 rings (SSSR count). The van der Waals surface area contributed by atoms with E-state index in [0.29, 0.717) is 6.04 Å². The molecule has 1 aromatic carbocycles. The molecule has 0 spiro atoms. The Morgan fingerprint density at radius 3 is 2.68 bits per heavy atom. The van der Waals surface area contributed by atoms with Gasteiger partial charge in [-0.3, -0.25) is 9.89 Å². The van der Waals surface area contributed by atoms with Crippen LogP contribution in [-0.2, 0) is 4.74 Å². The van der Waals surface area contributed by atoms with E-state index in [1.807, 2.05) is 7.05 Å². The zero-order valence-electron chi connectivity index (χ0n) is 15.8. The number of nitrogens with zero attached hydrogens (tertiary/aromatic N) is 2.